The molecule has 0 aliphatic rings. The zero-order valence-corrected chi connectivity index (χ0v) is 17.7. The number of hydrogen-bond acceptors (Lipinski definition) is 5. The number of nitrogens with zero attached hydrogens (tertiary/aromatic N) is 2. The number of benzene rings is 2. The van der Waals surface area contributed by atoms with Gasteiger partial charge in [-0.2, -0.15) is 0 Å². The van der Waals surface area contributed by atoms with Crippen LogP contribution in [0.3, 0.4) is 0 Å². The first-order valence-corrected chi connectivity index (χ1v) is 10.3. The predicted molar refractivity (Wildman–Crippen MR) is 117 cm³/mol. The van der Waals surface area contributed by atoms with Crippen LogP contribution in [0, 0.1) is 20.8 Å². The molecule has 0 saturated carbocycles. The highest BCUT2D eigenvalue weighted by molar-refractivity contribution is 7.18. The minimum atomic E-state index is -1.07. The molecule has 0 radical (unpaired) electrons. The van der Waals surface area contributed by atoms with Crippen LogP contribution in [0.1, 0.15) is 38.2 Å². The quantitative estimate of drug-likeness (QED) is 0.469. The highest BCUT2D eigenvalue weighted by Gasteiger charge is 2.27. The maximum absolute atomic E-state index is 13.1. The molecule has 1 amide bonds. The lowest BCUT2D eigenvalue weighted by atomic mass is 10.1. The number of ether oxygens (including phenoxy) is 1. The van der Waals surface area contributed by atoms with E-state index in [1.807, 2.05) is 63.4 Å². The molecule has 0 fully saturated rings. The van der Waals surface area contributed by atoms with Gasteiger partial charge in [0, 0.05) is 23.6 Å². The molecule has 0 bridgehead atoms. The van der Waals surface area contributed by atoms with Crippen molar-refractivity contribution in [1.29, 1.82) is 0 Å². The Labute approximate surface area is 178 Å². The summed E-state index contributed by atoms with van der Waals surface area (Å²) >= 11 is 1.23. The third kappa shape index (κ3) is 4.11. The van der Waals surface area contributed by atoms with Crippen LogP contribution in [0.4, 0.5) is 5.69 Å². The van der Waals surface area contributed by atoms with Gasteiger partial charge < -0.3 is 10.1 Å². The second-order valence-electron chi connectivity index (χ2n) is 7.17. The fourth-order valence-electron chi connectivity index (χ4n) is 3.14. The van der Waals surface area contributed by atoms with Crippen molar-refractivity contribution in [2.45, 2.75) is 26.9 Å². The van der Waals surface area contributed by atoms with Gasteiger partial charge in [0.25, 0.3) is 5.91 Å². The Morgan fingerprint density at radius 1 is 1.07 bits per heavy atom. The summed E-state index contributed by atoms with van der Waals surface area (Å²) in [5.41, 5.74) is 4.13. The number of fused-ring (bicyclic) bond motifs is 1. The first-order valence-electron chi connectivity index (χ1n) is 9.50. The number of hydrogen-bond donors (Lipinski definition) is 1. The fourth-order valence-corrected chi connectivity index (χ4v) is 4.04. The fraction of sp³-hybridized carbons (Fsp3) is 0.174. The first-order chi connectivity index (χ1) is 14.4. The molecule has 2 heterocycles. The van der Waals surface area contributed by atoms with Crippen molar-refractivity contribution < 1.29 is 14.3 Å². The normalized spacial score (nSPS) is 12.0. The Morgan fingerprint density at radius 2 is 1.83 bits per heavy atom. The predicted octanol–water partition coefficient (Wildman–Crippen LogP) is 4.86. The Bertz CT molecular complexity index is 1200. The Hall–Kier alpha value is -3.45. The molecule has 6 nitrogen and oxygen atoms in total. The SMILES string of the molecule is Cc1ccc(C)c(NC(=O)[C@@H](OC(=O)c2cn3cc(C)nc3s2)c2ccccc2)c1. The molecule has 4 rings (SSSR count). The van der Waals surface area contributed by atoms with Crippen LogP contribution >= 0.6 is 11.3 Å². The molecule has 4 aromatic rings. The zero-order chi connectivity index (χ0) is 21.3. The molecule has 0 aliphatic carbocycles. The highest BCUT2D eigenvalue weighted by atomic mass is 32.1. The molecular formula is C23H21N3O3S. The summed E-state index contributed by atoms with van der Waals surface area (Å²) in [5.74, 6) is -0.964. The van der Waals surface area contributed by atoms with Gasteiger partial charge in [0.05, 0.1) is 5.69 Å². The first kappa shape index (κ1) is 19.8. The van der Waals surface area contributed by atoms with E-state index < -0.39 is 18.0 Å². The molecule has 30 heavy (non-hydrogen) atoms. The van der Waals surface area contributed by atoms with E-state index in [1.165, 1.54) is 11.3 Å². The van der Waals surface area contributed by atoms with Gasteiger partial charge in [-0.15, -0.1) is 0 Å². The minimum absolute atomic E-state index is 0.387. The minimum Gasteiger partial charge on any atom is -0.443 e. The Morgan fingerprint density at radius 3 is 2.57 bits per heavy atom. The van der Waals surface area contributed by atoms with Gasteiger partial charge in [-0.1, -0.05) is 53.8 Å². The third-order valence-corrected chi connectivity index (χ3v) is 5.67. The van der Waals surface area contributed by atoms with Gasteiger partial charge in [0.1, 0.15) is 4.88 Å². The van der Waals surface area contributed by atoms with E-state index in [2.05, 4.69) is 10.3 Å². The summed E-state index contributed by atoms with van der Waals surface area (Å²) in [6, 6.07) is 14.8. The summed E-state index contributed by atoms with van der Waals surface area (Å²) < 4.78 is 7.46. The summed E-state index contributed by atoms with van der Waals surface area (Å²) in [7, 11) is 0. The number of esters is 1. The van der Waals surface area contributed by atoms with E-state index in [-0.39, 0.29) is 0 Å². The van der Waals surface area contributed by atoms with Gasteiger partial charge in [-0.25, -0.2) is 9.78 Å². The third-order valence-electron chi connectivity index (χ3n) is 4.69. The van der Waals surface area contributed by atoms with Crippen LogP contribution in [0.15, 0.2) is 60.9 Å². The second kappa shape index (κ2) is 8.12. The maximum Gasteiger partial charge on any atom is 0.351 e. The van der Waals surface area contributed by atoms with Crippen molar-refractivity contribution in [2.75, 3.05) is 5.32 Å². The molecule has 152 valence electrons. The summed E-state index contributed by atoms with van der Waals surface area (Å²) in [4.78, 5) is 31.4. The number of imidazole rings is 1. The maximum atomic E-state index is 13.1. The van der Waals surface area contributed by atoms with Gasteiger partial charge in [0.15, 0.2) is 4.96 Å². The van der Waals surface area contributed by atoms with Gasteiger partial charge in [-0.05, 0) is 38.0 Å². The van der Waals surface area contributed by atoms with E-state index in [1.54, 1.807) is 22.7 Å². The number of aryl methyl sites for hydroxylation is 3. The van der Waals surface area contributed by atoms with E-state index in [0.29, 0.717) is 21.1 Å². The van der Waals surface area contributed by atoms with E-state index >= 15 is 0 Å². The largest absolute Gasteiger partial charge is 0.443 e. The number of rotatable bonds is 5. The van der Waals surface area contributed by atoms with Gasteiger partial charge >= 0.3 is 5.97 Å². The number of amides is 1. The second-order valence-corrected chi connectivity index (χ2v) is 8.18. The van der Waals surface area contributed by atoms with Crippen molar-refractivity contribution >= 4 is 33.9 Å². The number of nitrogens with one attached hydrogen (secondary N) is 1. The van der Waals surface area contributed by atoms with Gasteiger partial charge in [0.2, 0.25) is 6.10 Å². The number of carbonyl (C=O) groups excluding carboxylic acids is 2. The summed E-state index contributed by atoms with van der Waals surface area (Å²) in [5, 5.41) is 2.91. The summed E-state index contributed by atoms with van der Waals surface area (Å²) in [6.45, 7) is 5.77. The van der Waals surface area contributed by atoms with Crippen LogP contribution < -0.4 is 5.32 Å². The molecule has 2 aromatic heterocycles. The zero-order valence-electron chi connectivity index (χ0n) is 16.9. The van der Waals surface area contributed by atoms with E-state index in [9.17, 15) is 9.59 Å². The topological polar surface area (TPSA) is 72.7 Å². The van der Waals surface area contributed by atoms with Crippen LogP contribution in [0.25, 0.3) is 4.96 Å². The van der Waals surface area contributed by atoms with Crippen LogP contribution in [0.5, 0.6) is 0 Å². The molecule has 0 spiro atoms. The van der Waals surface area contributed by atoms with Gasteiger partial charge in [-0.3, -0.25) is 9.20 Å². The van der Waals surface area contributed by atoms with Crippen LogP contribution in [-0.2, 0) is 9.53 Å². The lowest BCUT2D eigenvalue weighted by Crippen LogP contribution is -2.26. The molecule has 0 saturated heterocycles. The molecule has 7 heteroatoms. The standard InChI is InChI=1S/C23H21N3O3S/c1-14-9-10-15(2)18(11-14)25-21(27)20(17-7-5-4-6-8-17)29-22(28)19-13-26-12-16(3)24-23(26)30-19/h4-13,20H,1-3H3,(H,25,27)/t20-/m0/s1. The van der Waals surface area contributed by atoms with E-state index in [4.69, 9.17) is 4.74 Å². The lowest BCUT2D eigenvalue weighted by molar-refractivity contribution is -0.125. The average molecular weight is 420 g/mol. The van der Waals surface area contributed by atoms with Crippen molar-refractivity contribution in [3.8, 4) is 0 Å². The number of thiazole rings is 1. The summed E-state index contributed by atoms with van der Waals surface area (Å²) in [6.07, 6.45) is 2.44. The number of anilines is 1. The molecule has 0 unspecified atom stereocenters. The number of aromatic nitrogens is 2. The highest BCUT2D eigenvalue weighted by Crippen LogP contribution is 2.26. The van der Waals surface area contributed by atoms with Crippen LogP contribution in [-0.4, -0.2) is 21.3 Å². The number of carbonyl (C=O) groups is 2. The van der Waals surface area contributed by atoms with Crippen LogP contribution in [0.2, 0.25) is 0 Å². The Balaban J connectivity index is 1.60. The average Bonchev–Trinajstić information content (AvgIpc) is 3.27. The van der Waals surface area contributed by atoms with Crippen molar-refractivity contribution in [2.24, 2.45) is 0 Å². The molecule has 0 aliphatic heterocycles. The van der Waals surface area contributed by atoms with E-state index in [0.717, 1.165) is 16.8 Å². The van der Waals surface area contributed by atoms with Crippen molar-refractivity contribution in [3.05, 3.63) is 88.2 Å². The van der Waals surface area contributed by atoms with Crippen molar-refractivity contribution in [1.82, 2.24) is 9.38 Å². The smallest absolute Gasteiger partial charge is 0.351 e. The van der Waals surface area contributed by atoms with Crippen molar-refractivity contribution in [3.63, 3.8) is 0 Å². The molecule has 2 aromatic carbocycles. The molecule has 1 N–H and O–H groups in total. The monoisotopic (exact) mass is 419 g/mol. The lowest BCUT2D eigenvalue weighted by Gasteiger charge is -2.18. The molecular weight excluding hydrogens is 398 g/mol. The molecule has 1 atom stereocenters. The Kier molecular flexibility index (Phi) is 5.37.